The van der Waals surface area contributed by atoms with Gasteiger partial charge in [0.25, 0.3) is 0 Å². The van der Waals surface area contributed by atoms with Crippen molar-refractivity contribution >= 4 is 17.5 Å². The number of hydrogen-bond donors (Lipinski definition) is 1. The van der Waals surface area contributed by atoms with Crippen LogP contribution >= 0.6 is 11.6 Å². The van der Waals surface area contributed by atoms with Gasteiger partial charge in [0.2, 0.25) is 5.91 Å². The standard InChI is InChI=1S/C12H13ClFNO/c13-8-5-11(16)15-12(6-7-12)9-1-3-10(14)4-2-9/h1-4H,5-8H2,(H,15,16). The summed E-state index contributed by atoms with van der Waals surface area (Å²) in [6.45, 7) is 0. The number of rotatable bonds is 4. The van der Waals surface area contributed by atoms with Gasteiger partial charge in [0.15, 0.2) is 0 Å². The Balaban J connectivity index is 2.08. The fourth-order valence-corrected chi connectivity index (χ4v) is 1.97. The zero-order valence-electron chi connectivity index (χ0n) is 8.80. The first-order chi connectivity index (χ1) is 7.66. The molecule has 0 atom stereocenters. The van der Waals surface area contributed by atoms with Crippen LogP contribution in [0, 0.1) is 5.82 Å². The van der Waals surface area contributed by atoms with Crippen LogP contribution in [-0.4, -0.2) is 11.8 Å². The van der Waals surface area contributed by atoms with Crippen LogP contribution in [0.5, 0.6) is 0 Å². The third-order valence-corrected chi connectivity index (χ3v) is 3.04. The summed E-state index contributed by atoms with van der Waals surface area (Å²) >= 11 is 5.50. The summed E-state index contributed by atoms with van der Waals surface area (Å²) in [7, 11) is 0. The summed E-state index contributed by atoms with van der Waals surface area (Å²) in [5, 5.41) is 2.96. The first kappa shape index (κ1) is 11.4. The van der Waals surface area contributed by atoms with Gasteiger partial charge in [-0.2, -0.15) is 0 Å². The van der Waals surface area contributed by atoms with Crippen LogP contribution in [0.2, 0.25) is 0 Å². The van der Waals surface area contributed by atoms with Crippen LogP contribution in [0.3, 0.4) is 0 Å². The third-order valence-electron chi connectivity index (χ3n) is 2.85. The van der Waals surface area contributed by atoms with Crippen molar-refractivity contribution in [3.8, 4) is 0 Å². The Morgan fingerprint density at radius 1 is 1.38 bits per heavy atom. The van der Waals surface area contributed by atoms with Crippen molar-refractivity contribution in [2.75, 3.05) is 5.88 Å². The fourth-order valence-electron chi connectivity index (χ4n) is 1.79. The zero-order valence-corrected chi connectivity index (χ0v) is 9.56. The van der Waals surface area contributed by atoms with E-state index in [-0.39, 0.29) is 17.3 Å². The molecule has 1 aromatic carbocycles. The van der Waals surface area contributed by atoms with Crippen LogP contribution < -0.4 is 5.32 Å². The van der Waals surface area contributed by atoms with E-state index in [2.05, 4.69) is 5.32 Å². The maximum absolute atomic E-state index is 12.8. The third kappa shape index (κ3) is 2.35. The van der Waals surface area contributed by atoms with Crippen molar-refractivity contribution in [2.45, 2.75) is 24.8 Å². The zero-order chi connectivity index (χ0) is 11.6. The molecule has 1 aliphatic rings. The molecule has 4 heteroatoms. The highest BCUT2D eigenvalue weighted by molar-refractivity contribution is 6.18. The van der Waals surface area contributed by atoms with Crippen LogP contribution in [-0.2, 0) is 10.3 Å². The topological polar surface area (TPSA) is 29.1 Å². The number of carbonyl (C=O) groups excluding carboxylic acids is 1. The van der Waals surface area contributed by atoms with Gasteiger partial charge in [-0.3, -0.25) is 4.79 Å². The molecule has 2 nitrogen and oxygen atoms in total. The van der Waals surface area contributed by atoms with E-state index in [1.165, 1.54) is 12.1 Å². The van der Waals surface area contributed by atoms with Gasteiger partial charge in [0, 0.05) is 12.3 Å². The fraction of sp³-hybridized carbons (Fsp3) is 0.417. The first-order valence-electron chi connectivity index (χ1n) is 5.29. The highest BCUT2D eigenvalue weighted by atomic mass is 35.5. The largest absolute Gasteiger partial charge is 0.347 e. The van der Waals surface area contributed by atoms with Crippen molar-refractivity contribution in [2.24, 2.45) is 0 Å². The number of alkyl halides is 1. The number of benzene rings is 1. The average Bonchev–Trinajstić information content (AvgIpc) is 3.00. The Labute approximate surface area is 98.8 Å². The van der Waals surface area contributed by atoms with E-state index < -0.39 is 0 Å². The minimum Gasteiger partial charge on any atom is -0.347 e. The molecule has 0 aromatic heterocycles. The summed E-state index contributed by atoms with van der Waals surface area (Å²) in [5.74, 6) is 0.0224. The van der Waals surface area contributed by atoms with E-state index in [0.717, 1.165) is 18.4 Å². The molecule has 0 spiro atoms. The average molecular weight is 242 g/mol. The van der Waals surface area contributed by atoms with Crippen LogP contribution in [0.25, 0.3) is 0 Å². The van der Waals surface area contributed by atoms with Gasteiger partial charge in [0.05, 0.1) is 5.54 Å². The summed E-state index contributed by atoms with van der Waals surface area (Å²) < 4.78 is 12.8. The number of amides is 1. The minimum absolute atomic E-state index is 0.0446. The first-order valence-corrected chi connectivity index (χ1v) is 5.83. The second-order valence-electron chi connectivity index (χ2n) is 4.08. The molecule has 86 valence electrons. The molecular weight excluding hydrogens is 229 g/mol. The number of carbonyl (C=O) groups is 1. The number of nitrogens with one attached hydrogen (secondary N) is 1. The molecule has 0 heterocycles. The lowest BCUT2D eigenvalue weighted by Gasteiger charge is -2.17. The monoisotopic (exact) mass is 241 g/mol. The van der Waals surface area contributed by atoms with Gasteiger partial charge in [0.1, 0.15) is 5.82 Å². The molecule has 0 unspecified atom stereocenters. The van der Waals surface area contributed by atoms with Gasteiger partial charge in [-0.25, -0.2) is 4.39 Å². The molecule has 1 saturated carbocycles. The van der Waals surface area contributed by atoms with Crippen LogP contribution in [0.1, 0.15) is 24.8 Å². The molecule has 1 aliphatic carbocycles. The Bertz CT molecular complexity index is 387. The lowest BCUT2D eigenvalue weighted by molar-refractivity contribution is -0.121. The quantitative estimate of drug-likeness (QED) is 0.807. The summed E-state index contributed by atoms with van der Waals surface area (Å²) in [5.41, 5.74) is 0.702. The van der Waals surface area contributed by atoms with Gasteiger partial charge < -0.3 is 5.32 Å². The molecule has 2 rings (SSSR count). The molecule has 1 aromatic rings. The van der Waals surface area contributed by atoms with Gasteiger partial charge in [-0.05, 0) is 30.5 Å². The van der Waals surface area contributed by atoms with E-state index in [0.29, 0.717) is 12.3 Å². The number of halogens is 2. The smallest absolute Gasteiger partial charge is 0.221 e. The van der Waals surface area contributed by atoms with E-state index in [1.807, 2.05) is 0 Å². The molecule has 1 N–H and O–H groups in total. The van der Waals surface area contributed by atoms with E-state index >= 15 is 0 Å². The molecule has 1 amide bonds. The Hall–Kier alpha value is -1.09. The van der Waals surface area contributed by atoms with Gasteiger partial charge in [-0.1, -0.05) is 12.1 Å². The van der Waals surface area contributed by atoms with Gasteiger partial charge >= 0.3 is 0 Å². The molecule has 0 bridgehead atoms. The molecule has 0 saturated heterocycles. The normalized spacial score (nSPS) is 16.9. The van der Waals surface area contributed by atoms with Crippen molar-refractivity contribution in [3.05, 3.63) is 35.6 Å². The lowest BCUT2D eigenvalue weighted by atomic mass is 10.0. The molecule has 1 fully saturated rings. The molecule has 0 radical (unpaired) electrons. The highest BCUT2D eigenvalue weighted by Gasteiger charge is 2.45. The van der Waals surface area contributed by atoms with Crippen molar-refractivity contribution in [3.63, 3.8) is 0 Å². The van der Waals surface area contributed by atoms with Crippen molar-refractivity contribution in [1.29, 1.82) is 0 Å². The Kier molecular flexibility index (Phi) is 3.15. The van der Waals surface area contributed by atoms with Crippen LogP contribution in [0.4, 0.5) is 4.39 Å². The maximum atomic E-state index is 12.8. The van der Waals surface area contributed by atoms with Crippen molar-refractivity contribution in [1.82, 2.24) is 5.32 Å². The van der Waals surface area contributed by atoms with E-state index in [1.54, 1.807) is 12.1 Å². The second-order valence-corrected chi connectivity index (χ2v) is 4.45. The molecule has 16 heavy (non-hydrogen) atoms. The maximum Gasteiger partial charge on any atom is 0.221 e. The summed E-state index contributed by atoms with van der Waals surface area (Å²) in [6.07, 6.45) is 2.14. The van der Waals surface area contributed by atoms with E-state index in [9.17, 15) is 9.18 Å². The minimum atomic E-state index is -0.267. The van der Waals surface area contributed by atoms with Crippen LogP contribution in [0.15, 0.2) is 24.3 Å². The predicted molar refractivity (Wildman–Crippen MR) is 60.8 cm³/mol. The predicted octanol–water partition coefficient (Wildman–Crippen LogP) is 2.56. The summed E-state index contributed by atoms with van der Waals surface area (Å²) in [4.78, 5) is 11.5. The van der Waals surface area contributed by atoms with Gasteiger partial charge in [-0.15, -0.1) is 11.6 Å². The number of hydrogen-bond acceptors (Lipinski definition) is 1. The summed E-state index contributed by atoms with van der Waals surface area (Å²) in [6, 6.07) is 6.29. The molecular formula is C12H13ClFNO. The van der Waals surface area contributed by atoms with E-state index in [4.69, 9.17) is 11.6 Å². The lowest BCUT2D eigenvalue weighted by Crippen LogP contribution is -2.34. The Morgan fingerprint density at radius 3 is 2.50 bits per heavy atom. The SMILES string of the molecule is O=C(CCCl)NC1(c2ccc(F)cc2)CC1. The second kappa shape index (κ2) is 4.42. The Morgan fingerprint density at radius 2 is 2.00 bits per heavy atom. The molecule has 0 aliphatic heterocycles. The van der Waals surface area contributed by atoms with Crippen molar-refractivity contribution < 1.29 is 9.18 Å². The highest BCUT2D eigenvalue weighted by Crippen LogP contribution is 2.45.